The molecule has 1 fully saturated rings. The van der Waals surface area contributed by atoms with Gasteiger partial charge in [0.2, 0.25) is 0 Å². The van der Waals surface area contributed by atoms with Gasteiger partial charge < -0.3 is 15.4 Å². The maximum absolute atomic E-state index is 12.2. The molecule has 2 rings (SSSR count). The van der Waals surface area contributed by atoms with Crippen molar-refractivity contribution in [2.45, 2.75) is 59.7 Å². The van der Waals surface area contributed by atoms with Gasteiger partial charge in [0.1, 0.15) is 0 Å². The Hall–Kier alpha value is -1.50. The standard InChI is InChI=1S/C21H33N3O2S/c1-14(2)26-21(25)24-7-6-23(12-16(24)4)13-19-9-15(3)8-18(17(19)5)10-20(27)11-22/h8-9,14,16H,6-7,10-13,22H2,1-5H3/t16-/m0/s1. The summed E-state index contributed by atoms with van der Waals surface area (Å²) in [7, 11) is 0. The summed E-state index contributed by atoms with van der Waals surface area (Å²) in [5.74, 6) is 0. The Morgan fingerprint density at radius 1 is 1.30 bits per heavy atom. The molecule has 1 aromatic rings. The number of piperazine rings is 1. The van der Waals surface area contributed by atoms with Crippen LogP contribution in [0.25, 0.3) is 0 Å². The minimum Gasteiger partial charge on any atom is -0.447 e. The van der Waals surface area contributed by atoms with E-state index in [1.165, 1.54) is 22.3 Å². The number of nitrogens with two attached hydrogens (primary N) is 1. The Kier molecular flexibility index (Phi) is 7.77. The maximum Gasteiger partial charge on any atom is 0.410 e. The molecule has 150 valence electrons. The Morgan fingerprint density at radius 3 is 2.56 bits per heavy atom. The molecule has 1 saturated heterocycles. The highest BCUT2D eigenvalue weighted by Crippen LogP contribution is 2.21. The normalized spacial score (nSPS) is 18.0. The number of thiocarbonyl (C=S) groups is 1. The highest BCUT2D eigenvalue weighted by atomic mass is 32.1. The lowest BCUT2D eigenvalue weighted by Gasteiger charge is -2.39. The number of amides is 1. The van der Waals surface area contributed by atoms with Crippen LogP contribution in [-0.2, 0) is 17.7 Å². The zero-order valence-corrected chi connectivity index (χ0v) is 18.1. The van der Waals surface area contributed by atoms with E-state index in [1.54, 1.807) is 0 Å². The molecular formula is C21H33N3O2S. The highest BCUT2D eigenvalue weighted by Gasteiger charge is 2.29. The van der Waals surface area contributed by atoms with Gasteiger partial charge in [0.15, 0.2) is 0 Å². The van der Waals surface area contributed by atoms with E-state index in [0.29, 0.717) is 13.1 Å². The minimum absolute atomic E-state index is 0.0873. The lowest BCUT2D eigenvalue weighted by molar-refractivity contribution is 0.0349. The van der Waals surface area contributed by atoms with E-state index >= 15 is 0 Å². The largest absolute Gasteiger partial charge is 0.447 e. The molecule has 0 radical (unpaired) electrons. The molecule has 1 heterocycles. The number of hydrogen-bond donors (Lipinski definition) is 1. The van der Waals surface area contributed by atoms with Crippen molar-refractivity contribution in [3.05, 3.63) is 34.4 Å². The van der Waals surface area contributed by atoms with E-state index in [0.717, 1.165) is 30.9 Å². The van der Waals surface area contributed by atoms with Gasteiger partial charge in [-0.15, -0.1) is 0 Å². The third kappa shape index (κ3) is 5.99. The van der Waals surface area contributed by atoms with Crippen LogP contribution in [0.3, 0.4) is 0 Å². The number of benzene rings is 1. The molecule has 2 N–H and O–H groups in total. The lowest BCUT2D eigenvalue weighted by Crippen LogP contribution is -2.54. The molecule has 1 aliphatic heterocycles. The second-order valence-corrected chi connectivity index (χ2v) is 8.42. The van der Waals surface area contributed by atoms with Gasteiger partial charge in [0.25, 0.3) is 0 Å². The second-order valence-electron chi connectivity index (χ2n) is 7.84. The quantitative estimate of drug-likeness (QED) is 0.755. The van der Waals surface area contributed by atoms with Crippen LogP contribution in [0.4, 0.5) is 4.79 Å². The predicted octanol–water partition coefficient (Wildman–Crippen LogP) is 3.23. The number of hydrogen-bond acceptors (Lipinski definition) is 5. The Morgan fingerprint density at radius 2 is 1.96 bits per heavy atom. The van der Waals surface area contributed by atoms with Gasteiger partial charge in [0.05, 0.1) is 6.10 Å². The first-order valence-electron chi connectivity index (χ1n) is 9.71. The average molecular weight is 392 g/mol. The van der Waals surface area contributed by atoms with Crippen molar-refractivity contribution < 1.29 is 9.53 Å². The number of rotatable bonds is 6. The molecular weight excluding hydrogens is 358 g/mol. The predicted molar refractivity (Wildman–Crippen MR) is 114 cm³/mol. The van der Waals surface area contributed by atoms with Crippen LogP contribution >= 0.6 is 12.2 Å². The molecule has 0 aliphatic carbocycles. The van der Waals surface area contributed by atoms with Crippen LogP contribution in [0.1, 0.15) is 43.0 Å². The van der Waals surface area contributed by atoms with Crippen molar-refractivity contribution in [1.82, 2.24) is 9.80 Å². The molecule has 0 unspecified atom stereocenters. The van der Waals surface area contributed by atoms with Gasteiger partial charge in [-0.3, -0.25) is 4.90 Å². The molecule has 1 atom stereocenters. The van der Waals surface area contributed by atoms with Crippen LogP contribution in [0.2, 0.25) is 0 Å². The van der Waals surface area contributed by atoms with E-state index in [2.05, 4.69) is 37.8 Å². The summed E-state index contributed by atoms with van der Waals surface area (Å²) in [5.41, 5.74) is 10.8. The van der Waals surface area contributed by atoms with E-state index in [4.69, 9.17) is 22.7 Å². The van der Waals surface area contributed by atoms with Crippen molar-refractivity contribution in [2.24, 2.45) is 5.73 Å². The molecule has 1 amide bonds. The minimum atomic E-state index is -0.207. The van der Waals surface area contributed by atoms with Gasteiger partial charge >= 0.3 is 6.09 Å². The molecule has 0 bridgehead atoms. The van der Waals surface area contributed by atoms with Crippen molar-refractivity contribution in [2.75, 3.05) is 26.2 Å². The molecule has 6 heteroatoms. The first kappa shape index (κ1) is 21.8. The van der Waals surface area contributed by atoms with Gasteiger partial charge in [-0.05, 0) is 51.3 Å². The lowest BCUT2D eigenvalue weighted by atomic mass is 9.95. The number of nitrogens with zero attached hydrogens (tertiary/aromatic N) is 2. The smallest absolute Gasteiger partial charge is 0.410 e. The third-order valence-corrected chi connectivity index (χ3v) is 5.37. The molecule has 1 aliphatic rings. The van der Waals surface area contributed by atoms with E-state index in [-0.39, 0.29) is 18.2 Å². The first-order chi connectivity index (χ1) is 12.7. The third-order valence-electron chi connectivity index (χ3n) is 5.06. The van der Waals surface area contributed by atoms with Gasteiger partial charge in [-0.1, -0.05) is 29.9 Å². The van der Waals surface area contributed by atoms with Crippen molar-refractivity contribution in [3.63, 3.8) is 0 Å². The van der Waals surface area contributed by atoms with Crippen molar-refractivity contribution >= 4 is 23.2 Å². The van der Waals surface area contributed by atoms with E-state index in [9.17, 15) is 4.79 Å². The molecule has 0 saturated carbocycles. The summed E-state index contributed by atoms with van der Waals surface area (Å²) >= 11 is 5.34. The molecule has 0 spiro atoms. The highest BCUT2D eigenvalue weighted by molar-refractivity contribution is 7.80. The Labute approximate surface area is 168 Å². The number of ether oxygens (including phenoxy) is 1. The fraction of sp³-hybridized carbons (Fsp3) is 0.619. The average Bonchev–Trinajstić information content (AvgIpc) is 2.58. The van der Waals surface area contributed by atoms with Gasteiger partial charge in [0, 0.05) is 50.1 Å². The zero-order valence-electron chi connectivity index (χ0n) is 17.2. The topological polar surface area (TPSA) is 58.8 Å². The zero-order chi connectivity index (χ0) is 20.1. The van der Waals surface area contributed by atoms with E-state index in [1.807, 2.05) is 18.7 Å². The van der Waals surface area contributed by atoms with Gasteiger partial charge in [-0.25, -0.2) is 4.79 Å². The first-order valence-corrected chi connectivity index (χ1v) is 10.1. The van der Waals surface area contributed by atoms with E-state index < -0.39 is 0 Å². The summed E-state index contributed by atoms with van der Waals surface area (Å²) in [6.45, 7) is 13.9. The number of aryl methyl sites for hydroxylation is 1. The SMILES string of the molecule is Cc1cc(CC(=S)CN)c(C)c(CN2CCN(C(=O)OC(C)C)[C@@H](C)C2)c1. The van der Waals surface area contributed by atoms with Crippen LogP contribution in [0.5, 0.6) is 0 Å². The van der Waals surface area contributed by atoms with Crippen LogP contribution in [-0.4, -0.2) is 59.1 Å². The van der Waals surface area contributed by atoms with Crippen molar-refractivity contribution in [1.29, 1.82) is 0 Å². The van der Waals surface area contributed by atoms with Crippen LogP contribution in [0, 0.1) is 13.8 Å². The summed E-state index contributed by atoms with van der Waals surface area (Å²) in [5, 5.41) is 0. The number of carbonyl (C=O) groups excluding carboxylic acids is 1. The van der Waals surface area contributed by atoms with Gasteiger partial charge in [-0.2, -0.15) is 0 Å². The summed E-state index contributed by atoms with van der Waals surface area (Å²) in [6, 6.07) is 4.61. The summed E-state index contributed by atoms with van der Waals surface area (Å²) < 4.78 is 5.36. The maximum atomic E-state index is 12.2. The molecule has 27 heavy (non-hydrogen) atoms. The second kappa shape index (κ2) is 9.62. The Balaban J connectivity index is 2.06. The summed E-state index contributed by atoms with van der Waals surface area (Å²) in [4.78, 5) is 17.4. The van der Waals surface area contributed by atoms with Crippen LogP contribution in [0.15, 0.2) is 12.1 Å². The monoisotopic (exact) mass is 391 g/mol. The summed E-state index contributed by atoms with van der Waals surface area (Å²) in [6.07, 6.45) is 0.467. The fourth-order valence-electron chi connectivity index (χ4n) is 3.60. The van der Waals surface area contributed by atoms with Crippen LogP contribution < -0.4 is 5.73 Å². The molecule has 0 aromatic heterocycles. The Bertz CT molecular complexity index is 690. The fourth-order valence-corrected chi connectivity index (χ4v) is 3.76. The number of carbonyl (C=O) groups is 1. The molecule has 5 nitrogen and oxygen atoms in total. The molecule has 1 aromatic carbocycles. The van der Waals surface area contributed by atoms with Crippen molar-refractivity contribution in [3.8, 4) is 0 Å².